The van der Waals surface area contributed by atoms with Gasteiger partial charge < -0.3 is 20.3 Å². The highest BCUT2D eigenvalue weighted by molar-refractivity contribution is 6.40. The lowest BCUT2D eigenvalue weighted by Crippen LogP contribution is -2.40. The number of aliphatic hydroxyl groups is 1. The van der Waals surface area contributed by atoms with Crippen molar-refractivity contribution in [3.8, 4) is 11.1 Å². The van der Waals surface area contributed by atoms with E-state index in [1.54, 1.807) is 12.1 Å². The van der Waals surface area contributed by atoms with Crippen LogP contribution in [0.25, 0.3) is 11.1 Å². The molecule has 11 nitrogen and oxygen atoms in total. The summed E-state index contributed by atoms with van der Waals surface area (Å²) in [6.07, 6.45) is 12.4. The summed E-state index contributed by atoms with van der Waals surface area (Å²) in [6.45, 7) is 5.27. The number of imidazole rings is 1. The first-order valence-corrected chi connectivity index (χ1v) is 20.9. The number of nitrogens with zero attached hydrogens (tertiary/aromatic N) is 6. The summed E-state index contributed by atoms with van der Waals surface area (Å²) in [6, 6.07) is 12.9. The van der Waals surface area contributed by atoms with Gasteiger partial charge in [0.15, 0.2) is 11.5 Å². The number of hydrogen-bond acceptors (Lipinski definition) is 7. The Balaban J connectivity index is 0.878. The number of piperidine rings is 1. The third-order valence-electron chi connectivity index (χ3n) is 13.3. The van der Waals surface area contributed by atoms with Gasteiger partial charge in [-0.1, -0.05) is 47.5 Å². The van der Waals surface area contributed by atoms with E-state index in [-0.39, 0.29) is 24.0 Å². The summed E-state index contributed by atoms with van der Waals surface area (Å²) >= 11 is 14.0. The van der Waals surface area contributed by atoms with Crippen molar-refractivity contribution in [2.24, 2.45) is 18.4 Å². The smallest absolute Gasteiger partial charge is 0.291 e. The number of hydrogen-bond donors (Lipinski definition) is 3. The van der Waals surface area contributed by atoms with Gasteiger partial charge in [0.05, 0.1) is 45.0 Å². The van der Waals surface area contributed by atoms with E-state index in [1.807, 2.05) is 46.6 Å². The highest BCUT2D eigenvalue weighted by Gasteiger charge is 2.44. The monoisotopic (exact) mass is 784 g/mol. The molecule has 13 heteroatoms. The Morgan fingerprint density at radius 1 is 0.909 bits per heavy atom. The van der Waals surface area contributed by atoms with Crippen molar-refractivity contribution in [1.82, 2.24) is 29.1 Å². The minimum absolute atomic E-state index is 0.177. The maximum Gasteiger partial charge on any atom is 0.291 e. The fourth-order valence-electron chi connectivity index (χ4n) is 10.2. The Morgan fingerprint density at radius 3 is 2.27 bits per heavy atom. The van der Waals surface area contributed by atoms with Crippen LogP contribution in [0, 0.1) is 11.3 Å². The summed E-state index contributed by atoms with van der Waals surface area (Å²) in [5.41, 5.74) is 6.16. The van der Waals surface area contributed by atoms with Crippen LogP contribution in [0.4, 0.5) is 11.4 Å². The summed E-state index contributed by atoms with van der Waals surface area (Å²) < 4.78 is 3.87. The zero-order chi connectivity index (χ0) is 37.8. The van der Waals surface area contributed by atoms with Crippen LogP contribution >= 0.6 is 23.2 Å². The van der Waals surface area contributed by atoms with Crippen LogP contribution in [0.5, 0.6) is 0 Å². The maximum atomic E-state index is 13.7. The molecule has 1 saturated heterocycles. The lowest BCUT2D eigenvalue weighted by atomic mass is 9.81. The van der Waals surface area contributed by atoms with Gasteiger partial charge in [0.25, 0.3) is 11.8 Å². The number of rotatable bonds is 9. The number of halogens is 2. The molecule has 5 aliphatic rings. The minimum atomic E-state index is -0.345. The van der Waals surface area contributed by atoms with E-state index in [4.69, 9.17) is 28.2 Å². The largest absolute Gasteiger partial charge is 0.393 e. The molecule has 5 heterocycles. The Hall–Kier alpha value is -3.74. The van der Waals surface area contributed by atoms with Crippen LogP contribution in [0.3, 0.4) is 0 Å². The van der Waals surface area contributed by atoms with Gasteiger partial charge in [-0.2, -0.15) is 5.10 Å². The minimum Gasteiger partial charge on any atom is -0.393 e. The van der Waals surface area contributed by atoms with Gasteiger partial charge in [0.1, 0.15) is 0 Å². The number of carbonyl (C=O) groups excluding carboxylic acids is 2. The molecule has 9 rings (SSSR count). The number of nitrogens with one attached hydrogen (secondary N) is 2. The van der Waals surface area contributed by atoms with Crippen LogP contribution in [0.1, 0.15) is 108 Å². The SMILES string of the molecule is Cn1c(C(=O)Nc2cccc(-c3cccc(NC(=O)c4cc5n(n4)CCCC5N4CCC(O)CC4)c3Cl)c2Cl)nc2c1CCN(CCC13CCC(CC1)C3)C2. The number of aromatic nitrogens is 4. The molecule has 2 aliphatic carbocycles. The van der Waals surface area contributed by atoms with Gasteiger partial charge in [0, 0.05) is 63.0 Å². The van der Waals surface area contributed by atoms with Crippen molar-refractivity contribution < 1.29 is 14.7 Å². The lowest BCUT2D eigenvalue weighted by Gasteiger charge is -2.38. The molecule has 3 N–H and O–H groups in total. The number of aliphatic hydroxyl groups excluding tert-OH is 1. The number of aryl methyl sites for hydroxylation is 1. The van der Waals surface area contributed by atoms with E-state index >= 15 is 0 Å². The van der Waals surface area contributed by atoms with E-state index in [2.05, 4.69) is 25.5 Å². The zero-order valence-electron chi connectivity index (χ0n) is 31.5. The molecule has 2 aromatic heterocycles. The third kappa shape index (κ3) is 7.12. The van der Waals surface area contributed by atoms with Crippen molar-refractivity contribution in [3.05, 3.63) is 81.1 Å². The molecular weight excluding hydrogens is 735 g/mol. The predicted molar refractivity (Wildman–Crippen MR) is 215 cm³/mol. The zero-order valence-corrected chi connectivity index (χ0v) is 33.0. The molecule has 2 amide bonds. The number of fused-ring (bicyclic) bond motifs is 4. The van der Waals surface area contributed by atoms with Crippen molar-refractivity contribution in [1.29, 1.82) is 0 Å². The molecule has 3 aliphatic heterocycles. The Kier molecular flexibility index (Phi) is 10.0. The fourth-order valence-corrected chi connectivity index (χ4v) is 10.8. The van der Waals surface area contributed by atoms with Crippen LogP contribution in [0.2, 0.25) is 10.0 Å². The standard InChI is InChI=1S/C42H50Cl2N8O3/c1-49-34-14-19-50(22-17-42-15-10-26(24-42)11-16-42)25-33(34)45-39(49)41(55)47-31-8-3-6-29(38(31)44)28-5-2-7-30(37(28)43)46-40(54)32-23-36-35(9-4-18-52(36)48-32)51-20-12-27(53)13-21-51/h2-3,5-8,23,26-27,35,53H,4,9-22,24-25H2,1H3,(H,46,54)(H,47,55). The highest BCUT2D eigenvalue weighted by atomic mass is 35.5. The van der Waals surface area contributed by atoms with E-state index in [1.165, 1.54) is 38.5 Å². The van der Waals surface area contributed by atoms with Crippen LogP contribution in [0.15, 0.2) is 42.5 Å². The van der Waals surface area contributed by atoms with Gasteiger partial charge in [0.2, 0.25) is 0 Å². The topological polar surface area (TPSA) is 121 Å². The average molecular weight is 786 g/mol. The summed E-state index contributed by atoms with van der Waals surface area (Å²) in [4.78, 5) is 37.1. The highest BCUT2D eigenvalue weighted by Crippen LogP contribution is 2.56. The van der Waals surface area contributed by atoms with Gasteiger partial charge in [-0.15, -0.1) is 0 Å². The molecule has 55 heavy (non-hydrogen) atoms. The fraction of sp³-hybridized carbons (Fsp3) is 0.524. The van der Waals surface area contributed by atoms with E-state index in [9.17, 15) is 14.7 Å². The first kappa shape index (κ1) is 36.9. The normalized spacial score (nSPS) is 24.1. The van der Waals surface area contributed by atoms with Crippen LogP contribution in [-0.4, -0.2) is 78.3 Å². The molecule has 4 aromatic rings. The Morgan fingerprint density at radius 2 is 1.60 bits per heavy atom. The van der Waals surface area contributed by atoms with Gasteiger partial charge in [-0.3, -0.25) is 24.1 Å². The van der Waals surface area contributed by atoms with Gasteiger partial charge >= 0.3 is 0 Å². The summed E-state index contributed by atoms with van der Waals surface area (Å²) in [5.74, 6) is 0.664. The second-order valence-corrected chi connectivity index (χ2v) is 17.4. The number of anilines is 2. The van der Waals surface area contributed by atoms with Crippen molar-refractivity contribution >= 4 is 46.4 Å². The number of amides is 2. The number of likely N-dealkylation sites (tertiary alicyclic amines) is 1. The summed E-state index contributed by atoms with van der Waals surface area (Å²) in [7, 11) is 1.92. The molecule has 0 radical (unpaired) electrons. The quantitative estimate of drug-likeness (QED) is 0.159. The number of carbonyl (C=O) groups is 2. The average Bonchev–Trinajstić information content (AvgIpc) is 3.99. The van der Waals surface area contributed by atoms with E-state index in [0.29, 0.717) is 49.5 Å². The number of benzene rings is 2. The van der Waals surface area contributed by atoms with Crippen molar-refractivity contribution in [2.45, 2.75) is 95.9 Å². The molecule has 2 bridgehead atoms. The first-order chi connectivity index (χ1) is 26.6. The van der Waals surface area contributed by atoms with Crippen molar-refractivity contribution in [2.75, 3.05) is 36.8 Å². The molecular formula is C42H50Cl2N8O3. The molecule has 1 unspecified atom stereocenters. The molecule has 3 fully saturated rings. The Bertz CT molecular complexity index is 2110. The van der Waals surface area contributed by atoms with E-state index in [0.717, 1.165) is 94.4 Å². The molecule has 1 atom stereocenters. The summed E-state index contributed by atoms with van der Waals surface area (Å²) in [5, 5.41) is 21.3. The second kappa shape index (κ2) is 15.0. The second-order valence-electron chi connectivity index (χ2n) is 16.7. The Labute approximate surface area is 332 Å². The molecule has 0 spiro atoms. The predicted octanol–water partition coefficient (Wildman–Crippen LogP) is 7.72. The molecule has 290 valence electrons. The maximum absolute atomic E-state index is 13.7. The third-order valence-corrected chi connectivity index (χ3v) is 14.2. The van der Waals surface area contributed by atoms with Crippen LogP contribution in [-0.2, 0) is 26.6 Å². The van der Waals surface area contributed by atoms with Crippen molar-refractivity contribution in [3.63, 3.8) is 0 Å². The first-order valence-electron chi connectivity index (χ1n) is 20.1. The molecule has 2 aromatic carbocycles. The molecule has 2 saturated carbocycles. The van der Waals surface area contributed by atoms with Crippen LogP contribution < -0.4 is 10.6 Å². The van der Waals surface area contributed by atoms with E-state index < -0.39 is 0 Å². The lowest BCUT2D eigenvalue weighted by molar-refractivity contribution is 0.0512. The van der Waals surface area contributed by atoms with Gasteiger partial charge in [-0.25, -0.2) is 4.98 Å². The van der Waals surface area contributed by atoms with Gasteiger partial charge in [-0.05, 0) is 100 Å².